The number of nitrogens with one attached hydrogen (secondary N) is 1. The minimum Gasteiger partial charge on any atom is -0.325 e. The first-order valence-electron chi connectivity index (χ1n) is 7.31. The van der Waals surface area contributed by atoms with Gasteiger partial charge in [0.1, 0.15) is 5.82 Å². The zero-order chi connectivity index (χ0) is 16.9. The lowest BCUT2D eigenvalue weighted by molar-refractivity contribution is -0.113. The third-order valence-electron chi connectivity index (χ3n) is 3.27. The second-order valence-electron chi connectivity index (χ2n) is 5.12. The van der Waals surface area contributed by atoms with Crippen molar-refractivity contribution in [1.29, 1.82) is 0 Å². The topological polar surface area (TPSA) is 42.0 Å². The fourth-order valence-electron chi connectivity index (χ4n) is 2.10. The van der Waals surface area contributed by atoms with E-state index in [9.17, 15) is 9.18 Å². The van der Waals surface area contributed by atoms with Crippen LogP contribution in [-0.2, 0) is 4.79 Å². The van der Waals surface area contributed by atoms with Gasteiger partial charge in [0.25, 0.3) is 0 Å². The molecule has 1 aromatic heterocycles. The summed E-state index contributed by atoms with van der Waals surface area (Å²) in [5.41, 5.74) is 2.72. The fourth-order valence-corrected chi connectivity index (χ4v) is 3.42. The number of carbonyl (C=O) groups excluding carboxylic acids is 1. The molecule has 3 aromatic rings. The Morgan fingerprint density at radius 1 is 1.17 bits per heavy atom. The van der Waals surface area contributed by atoms with Gasteiger partial charge in [0.05, 0.1) is 16.5 Å². The lowest BCUT2D eigenvalue weighted by atomic mass is 10.1. The Labute approximate surface area is 148 Å². The molecule has 0 unspecified atom stereocenters. The van der Waals surface area contributed by atoms with E-state index in [1.807, 2.05) is 36.6 Å². The number of hydrogen-bond donors (Lipinski definition) is 1. The van der Waals surface area contributed by atoms with Gasteiger partial charge in [-0.3, -0.25) is 4.79 Å². The highest BCUT2D eigenvalue weighted by molar-refractivity contribution is 8.00. The van der Waals surface area contributed by atoms with E-state index < -0.39 is 0 Å². The van der Waals surface area contributed by atoms with Gasteiger partial charge in [0.2, 0.25) is 5.91 Å². The average Bonchev–Trinajstić information content (AvgIpc) is 3.01. The van der Waals surface area contributed by atoms with E-state index in [-0.39, 0.29) is 17.5 Å². The van der Waals surface area contributed by atoms with Gasteiger partial charge >= 0.3 is 0 Å². The molecule has 3 rings (SSSR count). The molecule has 0 aliphatic heterocycles. The summed E-state index contributed by atoms with van der Waals surface area (Å²) in [6, 6.07) is 13.7. The first kappa shape index (κ1) is 16.7. The largest absolute Gasteiger partial charge is 0.325 e. The molecule has 0 saturated carbocycles. The molecule has 0 bridgehead atoms. The van der Waals surface area contributed by atoms with Crippen molar-refractivity contribution in [3.05, 3.63) is 64.7 Å². The Morgan fingerprint density at radius 2 is 1.88 bits per heavy atom. The van der Waals surface area contributed by atoms with E-state index in [2.05, 4.69) is 10.3 Å². The van der Waals surface area contributed by atoms with Crippen LogP contribution in [0, 0.1) is 12.7 Å². The maximum absolute atomic E-state index is 12.8. The number of aryl methyl sites for hydroxylation is 1. The molecule has 6 heteroatoms. The van der Waals surface area contributed by atoms with E-state index >= 15 is 0 Å². The van der Waals surface area contributed by atoms with Crippen LogP contribution in [0.3, 0.4) is 0 Å². The molecule has 3 nitrogen and oxygen atoms in total. The zero-order valence-electron chi connectivity index (χ0n) is 13.0. The summed E-state index contributed by atoms with van der Waals surface area (Å²) < 4.78 is 12.8. The Kier molecular flexibility index (Phi) is 5.27. The highest BCUT2D eigenvalue weighted by Crippen LogP contribution is 2.23. The number of carbonyl (C=O) groups is 1. The molecule has 122 valence electrons. The lowest BCUT2D eigenvalue weighted by Gasteiger charge is -2.06. The molecular weight excluding hydrogens is 343 g/mol. The van der Waals surface area contributed by atoms with Gasteiger partial charge in [-0.25, -0.2) is 9.37 Å². The van der Waals surface area contributed by atoms with Gasteiger partial charge in [-0.15, -0.1) is 23.1 Å². The summed E-state index contributed by atoms with van der Waals surface area (Å²) in [5, 5.41) is 5.90. The molecule has 0 saturated heterocycles. The van der Waals surface area contributed by atoms with Gasteiger partial charge in [0.15, 0.2) is 0 Å². The number of nitrogens with zero attached hydrogens (tertiary/aromatic N) is 1. The van der Waals surface area contributed by atoms with E-state index in [4.69, 9.17) is 0 Å². The molecule has 1 heterocycles. The van der Waals surface area contributed by atoms with Crippen molar-refractivity contribution in [3.8, 4) is 11.3 Å². The van der Waals surface area contributed by atoms with Gasteiger partial charge in [-0.1, -0.05) is 12.1 Å². The number of thiazole rings is 1. The van der Waals surface area contributed by atoms with Gasteiger partial charge < -0.3 is 5.32 Å². The predicted molar refractivity (Wildman–Crippen MR) is 98.0 cm³/mol. The first-order valence-corrected chi connectivity index (χ1v) is 9.17. The minimum absolute atomic E-state index is 0.0958. The Morgan fingerprint density at radius 3 is 2.50 bits per heavy atom. The third kappa shape index (κ3) is 4.43. The van der Waals surface area contributed by atoms with Crippen molar-refractivity contribution in [2.45, 2.75) is 11.8 Å². The molecule has 1 N–H and O–H groups in total. The molecule has 24 heavy (non-hydrogen) atoms. The lowest BCUT2D eigenvalue weighted by Crippen LogP contribution is -2.13. The third-order valence-corrected chi connectivity index (χ3v) is 5.05. The average molecular weight is 358 g/mol. The van der Waals surface area contributed by atoms with E-state index in [1.54, 1.807) is 23.5 Å². The number of hydrogen-bond acceptors (Lipinski definition) is 4. The maximum atomic E-state index is 12.8. The Bertz CT molecular complexity index is 829. The molecule has 0 spiro atoms. The molecule has 0 aliphatic carbocycles. The molecule has 2 aromatic carbocycles. The fraction of sp³-hybridized carbons (Fsp3) is 0.111. The number of aromatic nitrogens is 1. The summed E-state index contributed by atoms with van der Waals surface area (Å²) in [5.74, 6) is -0.0978. The quantitative estimate of drug-likeness (QED) is 0.654. The minimum atomic E-state index is -0.279. The second kappa shape index (κ2) is 7.59. The van der Waals surface area contributed by atoms with Crippen LogP contribution in [0.25, 0.3) is 11.3 Å². The molecule has 0 atom stereocenters. The van der Waals surface area contributed by atoms with Crippen molar-refractivity contribution in [1.82, 2.24) is 4.98 Å². The molecular formula is C18H15FN2OS2. The maximum Gasteiger partial charge on any atom is 0.234 e. The Balaban J connectivity index is 1.55. The van der Waals surface area contributed by atoms with Crippen molar-refractivity contribution in [2.24, 2.45) is 0 Å². The van der Waals surface area contributed by atoms with Crippen LogP contribution in [0.15, 0.2) is 58.8 Å². The van der Waals surface area contributed by atoms with Gasteiger partial charge in [-0.2, -0.15) is 0 Å². The van der Waals surface area contributed by atoms with Crippen LogP contribution in [0.5, 0.6) is 0 Å². The summed E-state index contributed by atoms with van der Waals surface area (Å²) in [7, 11) is 0. The van der Waals surface area contributed by atoms with Gasteiger partial charge in [-0.05, 0) is 43.3 Å². The van der Waals surface area contributed by atoms with Crippen molar-refractivity contribution in [2.75, 3.05) is 11.1 Å². The summed E-state index contributed by atoms with van der Waals surface area (Å²) in [4.78, 5) is 17.3. The summed E-state index contributed by atoms with van der Waals surface area (Å²) in [6.07, 6.45) is 0. The molecule has 0 aliphatic rings. The van der Waals surface area contributed by atoms with Crippen molar-refractivity contribution < 1.29 is 9.18 Å². The Hall–Kier alpha value is -2.18. The smallest absolute Gasteiger partial charge is 0.234 e. The van der Waals surface area contributed by atoms with E-state index in [0.29, 0.717) is 0 Å². The molecule has 0 fully saturated rings. The predicted octanol–water partition coefficient (Wildman–Crippen LogP) is 4.99. The highest BCUT2D eigenvalue weighted by Gasteiger charge is 2.06. The van der Waals surface area contributed by atoms with E-state index in [1.165, 1.54) is 23.9 Å². The van der Waals surface area contributed by atoms with Crippen LogP contribution >= 0.6 is 23.1 Å². The monoisotopic (exact) mass is 358 g/mol. The van der Waals surface area contributed by atoms with Crippen LogP contribution < -0.4 is 5.32 Å². The highest BCUT2D eigenvalue weighted by atomic mass is 32.2. The van der Waals surface area contributed by atoms with E-state index in [0.717, 1.165) is 26.8 Å². The number of halogens is 1. The number of amides is 1. The second-order valence-corrected chi connectivity index (χ2v) is 7.23. The zero-order valence-corrected chi connectivity index (χ0v) is 14.6. The number of anilines is 1. The van der Waals surface area contributed by atoms with Crippen LogP contribution in [0.1, 0.15) is 5.01 Å². The number of rotatable bonds is 5. The van der Waals surface area contributed by atoms with Crippen LogP contribution in [0.4, 0.5) is 10.1 Å². The molecule has 0 radical (unpaired) electrons. The van der Waals surface area contributed by atoms with Crippen molar-refractivity contribution >= 4 is 34.7 Å². The number of benzene rings is 2. The van der Waals surface area contributed by atoms with Crippen molar-refractivity contribution in [3.63, 3.8) is 0 Å². The first-order chi connectivity index (χ1) is 11.6. The summed E-state index contributed by atoms with van der Waals surface area (Å²) >= 11 is 2.98. The SMILES string of the molecule is Cc1nc(-c2ccc(NC(=O)CSc3ccc(F)cc3)cc2)cs1. The molecule has 1 amide bonds. The standard InChI is InChI=1S/C18H15FN2OS2/c1-12-20-17(10-23-12)13-2-6-15(7-3-13)21-18(22)11-24-16-8-4-14(19)5-9-16/h2-10H,11H2,1H3,(H,21,22). The van der Waals surface area contributed by atoms with Gasteiger partial charge in [0, 0.05) is 21.5 Å². The van der Waals surface area contributed by atoms with Crippen LogP contribution in [-0.4, -0.2) is 16.6 Å². The normalized spacial score (nSPS) is 10.6. The number of thioether (sulfide) groups is 1. The summed E-state index contributed by atoms with van der Waals surface area (Å²) in [6.45, 7) is 1.97. The van der Waals surface area contributed by atoms with Crippen LogP contribution in [0.2, 0.25) is 0 Å².